The fourth-order valence-electron chi connectivity index (χ4n) is 3.82. The summed E-state index contributed by atoms with van der Waals surface area (Å²) in [4.78, 5) is 23.1. The van der Waals surface area contributed by atoms with E-state index in [1.807, 2.05) is 47.5 Å². The Morgan fingerprint density at radius 1 is 1.03 bits per heavy atom. The van der Waals surface area contributed by atoms with Gasteiger partial charge in [0.15, 0.2) is 5.96 Å². The molecule has 0 fully saturated rings. The molecule has 0 bridgehead atoms. The molecule has 3 aromatic rings. The lowest BCUT2D eigenvalue weighted by Crippen LogP contribution is -2.37. The van der Waals surface area contributed by atoms with Gasteiger partial charge in [0.1, 0.15) is 0 Å². The monoisotopic (exact) mass is 401 g/mol. The van der Waals surface area contributed by atoms with Gasteiger partial charge in [0.25, 0.3) is 0 Å². The first-order chi connectivity index (χ1) is 14.7. The third-order valence-electron chi connectivity index (χ3n) is 5.46. The largest absolute Gasteiger partial charge is 0.356 e. The number of guanidine groups is 1. The Labute approximate surface area is 177 Å². The van der Waals surface area contributed by atoms with Crippen LogP contribution in [0, 0.1) is 0 Å². The predicted octanol–water partition coefficient (Wildman–Crippen LogP) is 3.22. The summed E-state index contributed by atoms with van der Waals surface area (Å²) in [5, 5.41) is 7.79. The van der Waals surface area contributed by atoms with Crippen molar-refractivity contribution < 1.29 is 4.79 Å². The van der Waals surface area contributed by atoms with Gasteiger partial charge in [-0.05, 0) is 35.2 Å². The molecule has 1 amide bonds. The number of rotatable bonds is 6. The number of carbonyl (C=O) groups excluding carboxylic acids is 1. The normalized spacial score (nSPS) is 13.4. The van der Waals surface area contributed by atoms with Crippen molar-refractivity contribution >= 4 is 22.8 Å². The molecule has 0 unspecified atom stereocenters. The van der Waals surface area contributed by atoms with Crippen molar-refractivity contribution in [3.63, 3.8) is 0 Å². The van der Waals surface area contributed by atoms with E-state index in [2.05, 4.69) is 38.8 Å². The van der Waals surface area contributed by atoms with Crippen molar-refractivity contribution in [3.05, 3.63) is 77.5 Å². The summed E-state index contributed by atoms with van der Waals surface area (Å²) in [6.45, 7) is 2.81. The maximum Gasteiger partial charge on any atom is 0.223 e. The number of pyridine rings is 1. The highest BCUT2D eigenvalue weighted by molar-refractivity contribution is 5.83. The number of nitrogens with zero attached hydrogens (tertiary/aromatic N) is 3. The molecule has 0 spiro atoms. The van der Waals surface area contributed by atoms with Crippen molar-refractivity contribution in [2.24, 2.45) is 4.99 Å². The van der Waals surface area contributed by atoms with E-state index in [1.54, 1.807) is 7.05 Å². The minimum absolute atomic E-state index is 0.208. The van der Waals surface area contributed by atoms with Gasteiger partial charge in [-0.1, -0.05) is 42.5 Å². The zero-order valence-electron chi connectivity index (χ0n) is 17.3. The van der Waals surface area contributed by atoms with Gasteiger partial charge in [-0.15, -0.1) is 0 Å². The number of para-hydroxylation sites is 1. The molecule has 30 heavy (non-hydrogen) atoms. The number of carbonyl (C=O) groups is 1. The van der Waals surface area contributed by atoms with E-state index in [4.69, 9.17) is 0 Å². The van der Waals surface area contributed by atoms with Crippen LogP contribution in [0.5, 0.6) is 0 Å². The molecule has 0 atom stereocenters. The maximum atomic E-state index is 12.5. The average molecular weight is 402 g/mol. The SMILES string of the molecule is CN=C(NCCCC(=O)N1Cc2ccccc2C1)NCc1ccnc2ccccc12. The number of hydrogen-bond acceptors (Lipinski definition) is 3. The van der Waals surface area contributed by atoms with Crippen LogP contribution in [0.1, 0.15) is 29.5 Å². The lowest BCUT2D eigenvalue weighted by atomic mass is 10.1. The summed E-state index contributed by atoms with van der Waals surface area (Å²) in [6, 6.07) is 18.4. The molecule has 1 aliphatic rings. The quantitative estimate of drug-likeness (QED) is 0.378. The van der Waals surface area contributed by atoms with Crippen LogP contribution in [0.25, 0.3) is 10.9 Å². The molecule has 0 saturated heterocycles. The lowest BCUT2D eigenvalue weighted by molar-refractivity contribution is -0.131. The molecule has 2 N–H and O–H groups in total. The van der Waals surface area contributed by atoms with Crippen LogP contribution in [0.15, 0.2) is 65.8 Å². The van der Waals surface area contributed by atoms with Crippen LogP contribution in [0.3, 0.4) is 0 Å². The lowest BCUT2D eigenvalue weighted by Gasteiger charge is -2.16. The summed E-state index contributed by atoms with van der Waals surface area (Å²) < 4.78 is 0. The summed E-state index contributed by atoms with van der Waals surface area (Å²) >= 11 is 0. The van der Waals surface area contributed by atoms with E-state index in [0.717, 1.165) is 36.4 Å². The molecule has 154 valence electrons. The highest BCUT2D eigenvalue weighted by atomic mass is 16.2. The number of fused-ring (bicyclic) bond motifs is 2. The molecule has 0 saturated carbocycles. The highest BCUT2D eigenvalue weighted by Crippen LogP contribution is 2.22. The molecule has 6 nitrogen and oxygen atoms in total. The molecule has 6 heteroatoms. The zero-order chi connectivity index (χ0) is 20.8. The Morgan fingerprint density at radius 3 is 2.53 bits per heavy atom. The molecule has 2 heterocycles. The van der Waals surface area contributed by atoms with Gasteiger partial charge in [0, 0.05) is 51.2 Å². The smallest absolute Gasteiger partial charge is 0.223 e. The van der Waals surface area contributed by atoms with Crippen LogP contribution < -0.4 is 10.6 Å². The van der Waals surface area contributed by atoms with Gasteiger partial charge >= 0.3 is 0 Å². The molecule has 4 rings (SSSR count). The number of nitrogens with one attached hydrogen (secondary N) is 2. The molecule has 0 aliphatic carbocycles. The van der Waals surface area contributed by atoms with Crippen molar-refractivity contribution in [3.8, 4) is 0 Å². The van der Waals surface area contributed by atoms with Gasteiger partial charge < -0.3 is 15.5 Å². The summed E-state index contributed by atoms with van der Waals surface area (Å²) in [5.41, 5.74) is 4.68. The van der Waals surface area contributed by atoms with E-state index in [-0.39, 0.29) is 5.91 Å². The molecular formula is C24H27N5O. The van der Waals surface area contributed by atoms with E-state index in [1.165, 1.54) is 16.7 Å². The molecule has 1 aliphatic heterocycles. The Balaban J connectivity index is 1.21. The number of aromatic nitrogens is 1. The topological polar surface area (TPSA) is 69.6 Å². The Bertz CT molecular complexity index is 1030. The second-order valence-corrected chi connectivity index (χ2v) is 7.46. The van der Waals surface area contributed by atoms with Crippen molar-refractivity contribution in [1.82, 2.24) is 20.5 Å². The van der Waals surface area contributed by atoms with Crippen molar-refractivity contribution in [1.29, 1.82) is 0 Å². The van der Waals surface area contributed by atoms with Gasteiger partial charge in [-0.2, -0.15) is 0 Å². The van der Waals surface area contributed by atoms with Gasteiger partial charge in [-0.25, -0.2) is 0 Å². The number of hydrogen-bond donors (Lipinski definition) is 2. The van der Waals surface area contributed by atoms with E-state index < -0.39 is 0 Å². The predicted molar refractivity (Wildman–Crippen MR) is 120 cm³/mol. The molecular weight excluding hydrogens is 374 g/mol. The first-order valence-electron chi connectivity index (χ1n) is 10.4. The zero-order valence-corrected chi connectivity index (χ0v) is 17.3. The Hall–Kier alpha value is -3.41. The van der Waals surface area contributed by atoms with E-state index in [0.29, 0.717) is 19.5 Å². The standard InChI is InChI=1S/C24H27N5O/c1-25-24(28-15-18-12-14-26-22-10-5-4-9-21(18)22)27-13-6-11-23(30)29-16-19-7-2-3-8-20(19)17-29/h2-5,7-10,12,14H,6,11,13,15-17H2,1H3,(H2,25,27,28). The van der Waals surface area contributed by atoms with Crippen LogP contribution in [-0.2, 0) is 24.4 Å². The summed E-state index contributed by atoms with van der Waals surface area (Å²) in [6.07, 6.45) is 3.13. The second kappa shape index (κ2) is 9.39. The number of amides is 1. The van der Waals surface area contributed by atoms with Crippen molar-refractivity contribution in [2.45, 2.75) is 32.5 Å². The van der Waals surface area contributed by atoms with Crippen molar-refractivity contribution in [2.75, 3.05) is 13.6 Å². The highest BCUT2D eigenvalue weighted by Gasteiger charge is 2.22. The van der Waals surface area contributed by atoms with E-state index in [9.17, 15) is 4.79 Å². The Morgan fingerprint density at radius 2 is 1.77 bits per heavy atom. The van der Waals surface area contributed by atoms with E-state index >= 15 is 0 Å². The van der Waals surface area contributed by atoms with Gasteiger partial charge in [-0.3, -0.25) is 14.8 Å². The van der Waals surface area contributed by atoms with Gasteiger partial charge in [0.05, 0.1) is 5.52 Å². The summed E-state index contributed by atoms with van der Waals surface area (Å²) in [7, 11) is 1.76. The molecule has 2 aromatic carbocycles. The fourth-order valence-corrected chi connectivity index (χ4v) is 3.82. The Kier molecular flexibility index (Phi) is 6.23. The maximum absolute atomic E-state index is 12.5. The number of aliphatic imine (C=N–C) groups is 1. The van der Waals surface area contributed by atoms with Crippen LogP contribution in [-0.4, -0.2) is 35.3 Å². The van der Waals surface area contributed by atoms with Crippen LogP contribution >= 0.6 is 0 Å². The minimum Gasteiger partial charge on any atom is -0.356 e. The summed E-state index contributed by atoms with van der Waals surface area (Å²) in [5.74, 6) is 0.941. The van der Waals surface area contributed by atoms with Gasteiger partial charge in [0.2, 0.25) is 5.91 Å². The van der Waals surface area contributed by atoms with Crippen LogP contribution in [0.2, 0.25) is 0 Å². The first kappa shape index (κ1) is 19.9. The van der Waals surface area contributed by atoms with Crippen LogP contribution in [0.4, 0.5) is 0 Å². The average Bonchev–Trinajstić information content (AvgIpc) is 3.23. The second-order valence-electron chi connectivity index (χ2n) is 7.46. The molecule has 1 aromatic heterocycles. The fraction of sp³-hybridized carbons (Fsp3) is 0.292. The third kappa shape index (κ3) is 4.59. The number of benzene rings is 2. The third-order valence-corrected chi connectivity index (χ3v) is 5.46. The minimum atomic E-state index is 0.208. The molecule has 0 radical (unpaired) electrons. The first-order valence-corrected chi connectivity index (χ1v) is 10.4.